The van der Waals surface area contributed by atoms with Gasteiger partial charge in [-0.3, -0.25) is 0 Å². The Labute approximate surface area is 218 Å². The molecule has 36 heavy (non-hydrogen) atoms. The number of ether oxygens (including phenoxy) is 3. The van der Waals surface area contributed by atoms with Gasteiger partial charge in [-0.25, -0.2) is 4.98 Å². The Kier molecular flexibility index (Phi) is 8.20. The molecule has 1 aromatic heterocycles. The number of thiocarbonyl (C=S) groups is 1. The van der Waals surface area contributed by atoms with Gasteiger partial charge in [0, 0.05) is 61.1 Å². The lowest BCUT2D eigenvalue weighted by atomic mass is 9.91. The Hall–Kier alpha value is -3.46. The molecule has 0 atom stereocenters. The fourth-order valence-electron chi connectivity index (χ4n) is 4.70. The van der Waals surface area contributed by atoms with Gasteiger partial charge in [0.1, 0.15) is 5.82 Å². The Morgan fingerprint density at radius 2 is 1.56 bits per heavy atom. The van der Waals surface area contributed by atoms with E-state index in [1.165, 1.54) is 5.69 Å². The summed E-state index contributed by atoms with van der Waals surface area (Å²) in [4.78, 5) is 6.99. The first-order chi connectivity index (χ1) is 17.4. The smallest absolute Gasteiger partial charge is 0.203 e. The van der Waals surface area contributed by atoms with E-state index < -0.39 is 0 Å². The average molecular weight is 510 g/mol. The van der Waals surface area contributed by atoms with Crippen LogP contribution in [0.3, 0.4) is 0 Å². The molecule has 3 N–H and O–H groups in total. The van der Waals surface area contributed by atoms with Crippen LogP contribution in [-0.2, 0) is 0 Å². The van der Waals surface area contributed by atoms with Gasteiger partial charge in [0.05, 0.1) is 26.8 Å². The van der Waals surface area contributed by atoms with Crippen LogP contribution in [0.2, 0.25) is 0 Å². The number of para-hydroxylation sites is 1. The van der Waals surface area contributed by atoms with Crippen molar-refractivity contribution >= 4 is 45.4 Å². The van der Waals surface area contributed by atoms with Gasteiger partial charge in [0.15, 0.2) is 16.6 Å². The predicted octanol–water partition coefficient (Wildman–Crippen LogP) is 5.04. The van der Waals surface area contributed by atoms with Gasteiger partial charge in [-0.2, -0.15) is 0 Å². The van der Waals surface area contributed by atoms with Crippen molar-refractivity contribution in [3.63, 3.8) is 0 Å². The van der Waals surface area contributed by atoms with Crippen LogP contribution >= 0.6 is 12.2 Å². The predicted molar refractivity (Wildman–Crippen MR) is 151 cm³/mol. The molecule has 1 aliphatic carbocycles. The maximum absolute atomic E-state index is 5.59. The molecule has 0 spiro atoms. The average Bonchev–Trinajstić information content (AvgIpc) is 2.88. The van der Waals surface area contributed by atoms with E-state index in [-0.39, 0.29) is 0 Å². The van der Waals surface area contributed by atoms with E-state index in [1.807, 2.05) is 18.2 Å². The largest absolute Gasteiger partial charge is 0.493 e. The highest BCUT2D eigenvalue weighted by Crippen LogP contribution is 2.40. The van der Waals surface area contributed by atoms with E-state index in [0.717, 1.165) is 48.1 Å². The third-order valence-electron chi connectivity index (χ3n) is 6.51. The minimum Gasteiger partial charge on any atom is -0.493 e. The normalized spacial score (nSPS) is 17.2. The summed E-state index contributed by atoms with van der Waals surface area (Å²) in [6.07, 6.45) is 4.11. The first-order valence-electron chi connectivity index (χ1n) is 12.1. The number of rotatable bonds is 8. The number of hydrogen-bond acceptors (Lipinski definition) is 7. The number of pyridine rings is 1. The Morgan fingerprint density at radius 3 is 2.17 bits per heavy atom. The highest BCUT2D eigenvalue weighted by Gasteiger charge is 2.23. The minimum atomic E-state index is 0.312. The van der Waals surface area contributed by atoms with Crippen molar-refractivity contribution in [3.8, 4) is 17.2 Å². The second-order valence-corrected chi connectivity index (χ2v) is 9.55. The van der Waals surface area contributed by atoms with Crippen LogP contribution in [0.25, 0.3) is 10.9 Å². The van der Waals surface area contributed by atoms with E-state index in [9.17, 15) is 0 Å². The highest BCUT2D eigenvalue weighted by molar-refractivity contribution is 7.80. The molecule has 4 rings (SSSR count). The second kappa shape index (κ2) is 11.5. The molecule has 8 nitrogen and oxygen atoms in total. The van der Waals surface area contributed by atoms with Gasteiger partial charge in [0.25, 0.3) is 0 Å². The van der Waals surface area contributed by atoms with Crippen molar-refractivity contribution in [1.29, 1.82) is 0 Å². The van der Waals surface area contributed by atoms with Crippen LogP contribution in [0, 0.1) is 0 Å². The summed E-state index contributed by atoms with van der Waals surface area (Å²) in [6, 6.07) is 14.8. The Balaban J connectivity index is 1.33. The first-order valence-corrected chi connectivity index (χ1v) is 12.5. The number of hydrogen-bond donors (Lipinski definition) is 3. The third kappa shape index (κ3) is 5.84. The van der Waals surface area contributed by atoms with E-state index >= 15 is 0 Å². The number of nitrogens with one attached hydrogen (secondary N) is 3. The molecule has 1 aliphatic rings. The van der Waals surface area contributed by atoms with E-state index in [4.69, 9.17) is 31.4 Å². The lowest BCUT2D eigenvalue weighted by Gasteiger charge is -2.31. The number of fused-ring (bicyclic) bond motifs is 1. The molecule has 2 aromatic carbocycles. The zero-order chi connectivity index (χ0) is 25.7. The molecule has 0 aliphatic heterocycles. The minimum absolute atomic E-state index is 0.312. The van der Waals surface area contributed by atoms with Crippen LogP contribution in [0.4, 0.5) is 17.2 Å². The molecule has 1 fully saturated rings. The van der Waals surface area contributed by atoms with E-state index in [2.05, 4.69) is 59.2 Å². The third-order valence-corrected chi connectivity index (χ3v) is 6.73. The highest BCUT2D eigenvalue weighted by atomic mass is 32.1. The monoisotopic (exact) mass is 509 g/mol. The van der Waals surface area contributed by atoms with Crippen LogP contribution in [0.5, 0.6) is 17.2 Å². The van der Waals surface area contributed by atoms with Crippen LogP contribution < -0.4 is 35.1 Å². The first kappa shape index (κ1) is 25.6. The van der Waals surface area contributed by atoms with Crippen LogP contribution in [-0.4, -0.2) is 57.6 Å². The quantitative estimate of drug-likeness (QED) is 0.362. The van der Waals surface area contributed by atoms with Crippen molar-refractivity contribution in [2.24, 2.45) is 0 Å². The maximum atomic E-state index is 5.59. The molecule has 9 heteroatoms. The molecule has 192 valence electrons. The summed E-state index contributed by atoms with van der Waals surface area (Å²) in [6.45, 7) is 0. The number of nitrogens with zero attached hydrogens (tertiary/aromatic N) is 2. The number of aromatic nitrogens is 1. The maximum Gasteiger partial charge on any atom is 0.203 e. The molecular formula is C27H35N5O3S. The standard InChI is InChI=1S/C27H35N5O3S/c1-32(2)22-16-25(31-21-9-7-6-8-20(21)22)28-17-10-12-18(13-11-17)29-27(36)30-19-14-23(33-3)26(35-5)24(15-19)34-4/h6-9,14-18H,10-13H2,1-5H3,(H,28,31)(H2,29,30,36). The summed E-state index contributed by atoms with van der Waals surface area (Å²) in [5.41, 5.74) is 2.95. The number of benzene rings is 2. The summed E-state index contributed by atoms with van der Waals surface area (Å²) in [5, 5.41) is 12.1. The van der Waals surface area contributed by atoms with Gasteiger partial charge in [-0.15, -0.1) is 0 Å². The fraction of sp³-hybridized carbons (Fsp3) is 0.407. The molecular weight excluding hydrogens is 474 g/mol. The molecule has 0 saturated heterocycles. The van der Waals surface area contributed by atoms with Crippen molar-refractivity contribution in [2.75, 3.05) is 51.0 Å². The van der Waals surface area contributed by atoms with E-state index in [0.29, 0.717) is 34.4 Å². The summed E-state index contributed by atoms with van der Waals surface area (Å²) < 4.78 is 16.3. The molecule has 1 heterocycles. The number of anilines is 3. The second-order valence-electron chi connectivity index (χ2n) is 9.14. The van der Waals surface area contributed by atoms with Crippen molar-refractivity contribution in [1.82, 2.24) is 10.3 Å². The van der Waals surface area contributed by atoms with Crippen molar-refractivity contribution in [3.05, 3.63) is 42.5 Å². The van der Waals surface area contributed by atoms with Gasteiger partial charge in [0.2, 0.25) is 5.75 Å². The zero-order valence-electron chi connectivity index (χ0n) is 21.6. The SMILES string of the molecule is COc1cc(NC(=S)NC2CCC(Nc3cc(N(C)C)c4ccccc4n3)CC2)cc(OC)c1OC. The summed E-state index contributed by atoms with van der Waals surface area (Å²) in [7, 11) is 8.91. The Bertz CT molecular complexity index is 1190. The lowest BCUT2D eigenvalue weighted by molar-refractivity contribution is 0.324. The Morgan fingerprint density at radius 1 is 0.917 bits per heavy atom. The number of methoxy groups -OCH3 is 3. The van der Waals surface area contributed by atoms with Crippen LogP contribution in [0.15, 0.2) is 42.5 Å². The molecule has 0 bridgehead atoms. The van der Waals surface area contributed by atoms with Crippen LogP contribution in [0.1, 0.15) is 25.7 Å². The van der Waals surface area contributed by atoms with Crippen molar-refractivity contribution in [2.45, 2.75) is 37.8 Å². The van der Waals surface area contributed by atoms with Crippen molar-refractivity contribution < 1.29 is 14.2 Å². The fourth-order valence-corrected chi connectivity index (χ4v) is 4.98. The van der Waals surface area contributed by atoms with Gasteiger partial charge >= 0.3 is 0 Å². The van der Waals surface area contributed by atoms with Gasteiger partial charge in [-0.1, -0.05) is 18.2 Å². The molecule has 0 radical (unpaired) electrons. The van der Waals surface area contributed by atoms with E-state index in [1.54, 1.807) is 21.3 Å². The van der Waals surface area contributed by atoms with Gasteiger partial charge in [-0.05, 0) is 44.0 Å². The molecule has 0 amide bonds. The summed E-state index contributed by atoms with van der Waals surface area (Å²) in [5.74, 6) is 2.63. The topological polar surface area (TPSA) is 79.9 Å². The lowest BCUT2D eigenvalue weighted by Crippen LogP contribution is -2.42. The zero-order valence-corrected chi connectivity index (χ0v) is 22.4. The van der Waals surface area contributed by atoms with Gasteiger partial charge < -0.3 is 35.1 Å². The molecule has 1 saturated carbocycles. The molecule has 3 aromatic rings. The molecule has 0 unspecified atom stereocenters. The summed E-state index contributed by atoms with van der Waals surface area (Å²) >= 11 is 5.59.